The minimum absolute atomic E-state index is 0.155. The number of anilines is 1. The number of pyridine rings is 1. The summed E-state index contributed by atoms with van der Waals surface area (Å²) in [4.78, 5) is 28.5. The van der Waals surface area contributed by atoms with Crippen LogP contribution in [0.5, 0.6) is 0 Å². The molecular formula is C20H17N3O3S. The Labute approximate surface area is 160 Å². The fourth-order valence-electron chi connectivity index (χ4n) is 3.08. The van der Waals surface area contributed by atoms with Gasteiger partial charge >= 0.3 is 5.97 Å². The monoisotopic (exact) mass is 379 g/mol. The molecule has 1 N–H and O–H groups in total. The molecule has 3 heterocycles. The van der Waals surface area contributed by atoms with Crippen LogP contribution in [0.15, 0.2) is 61.1 Å². The van der Waals surface area contributed by atoms with Crippen molar-refractivity contribution in [3.63, 3.8) is 0 Å². The molecule has 0 aliphatic carbocycles. The number of esters is 1. The molecule has 4 rings (SSSR count). The molecule has 1 aliphatic heterocycles. The lowest BCUT2D eigenvalue weighted by Crippen LogP contribution is -2.14. The second kappa shape index (κ2) is 7.28. The molecule has 0 radical (unpaired) electrons. The van der Waals surface area contributed by atoms with Gasteiger partial charge in [0.05, 0.1) is 24.1 Å². The minimum Gasteiger partial charge on any atom is -0.465 e. The van der Waals surface area contributed by atoms with Crippen LogP contribution in [-0.4, -0.2) is 28.5 Å². The highest BCUT2D eigenvalue weighted by atomic mass is 32.2. The number of fused-ring (bicyclic) bond motifs is 1. The average Bonchev–Trinajstić information content (AvgIpc) is 3.31. The highest BCUT2D eigenvalue weighted by Crippen LogP contribution is 2.43. The Morgan fingerprint density at radius 1 is 1.22 bits per heavy atom. The van der Waals surface area contributed by atoms with Crippen molar-refractivity contribution in [2.24, 2.45) is 0 Å². The summed E-state index contributed by atoms with van der Waals surface area (Å²) >= 11 is 1.79. The van der Waals surface area contributed by atoms with Crippen molar-refractivity contribution in [2.75, 3.05) is 12.4 Å². The van der Waals surface area contributed by atoms with Crippen LogP contribution in [0.2, 0.25) is 0 Å². The molecule has 0 saturated heterocycles. The summed E-state index contributed by atoms with van der Waals surface area (Å²) in [6.45, 7) is 0. The number of hydrogen-bond acceptors (Lipinski definition) is 5. The summed E-state index contributed by atoms with van der Waals surface area (Å²) in [5, 5.41) is 3.11. The number of nitrogens with one attached hydrogen (secondary N) is 1. The Morgan fingerprint density at radius 2 is 2.07 bits per heavy atom. The summed E-state index contributed by atoms with van der Waals surface area (Å²) in [7, 11) is 1.32. The maximum absolute atomic E-state index is 12.6. The maximum Gasteiger partial charge on any atom is 0.337 e. The van der Waals surface area contributed by atoms with Gasteiger partial charge in [0, 0.05) is 35.5 Å². The van der Waals surface area contributed by atoms with Gasteiger partial charge in [-0.15, -0.1) is 11.8 Å². The third-order valence-corrected chi connectivity index (χ3v) is 5.67. The maximum atomic E-state index is 12.6. The molecule has 1 aromatic carbocycles. The number of nitrogens with zero attached hydrogens (tertiary/aromatic N) is 2. The Morgan fingerprint density at radius 3 is 2.85 bits per heavy atom. The van der Waals surface area contributed by atoms with E-state index in [1.807, 2.05) is 24.5 Å². The smallest absolute Gasteiger partial charge is 0.337 e. The van der Waals surface area contributed by atoms with Gasteiger partial charge in [-0.3, -0.25) is 9.78 Å². The lowest BCUT2D eigenvalue weighted by molar-refractivity contribution is 0.0600. The Balaban J connectivity index is 1.55. The van der Waals surface area contributed by atoms with E-state index in [0.717, 1.165) is 22.7 Å². The number of hydrogen-bond donors (Lipinski definition) is 1. The zero-order valence-electron chi connectivity index (χ0n) is 14.6. The first-order valence-corrected chi connectivity index (χ1v) is 9.43. The van der Waals surface area contributed by atoms with Gasteiger partial charge in [-0.1, -0.05) is 12.1 Å². The number of carbonyl (C=O) groups excluding carboxylic acids is 2. The molecule has 3 aromatic rings. The van der Waals surface area contributed by atoms with Gasteiger partial charge in [-0.25, -0.2) is 4.79 Å². The number of rotatable bonds is 4. The van der Waals surface area contributed by atoms with Crippen molar-refractivity contribution in [3.05, 3.63) is 83.4 Å². The lowest BCUT2D eigenvalue weighted by atomic mass is 10.1. The largest absolute Gasteiger partial charge is 0.465 e. The van der Waals surface area contributed by atoms with Gasteiger partial charge in [-0.05, 0) is 30.3 Å². The van der Waals surface area contributed by atoms with Crippen molar-refractivity contribution in [1.29, 1.82) is 0 Å². The van der Waals surface area contributed by atoms with E-state index in [0.29, 0.717) is 11.1 Å². The molecule has 27 heavy (non-hydrogen) atoms. The van der Waals surface area contributed by atoms with Gasteiger partial charge in [0.2, 0.25) is 0 Å². The van der Waals surface area contributed by atoms with Crippen LogP contribution < -0.4 is 5.32 Å². The normalized spacial score (nSPS) is 15.2. The van der Waals surface area contributed by atoms with E-state index in [2.05, 4.69) is 20.9 Å². The average molecular weight is 379 g/mol. The summed E-state index contributed by atoms with van der Waals surface area (Å²) in [5.41, 5.74) is 3.72. The van der Waals surface area contributed by atoms with Crippen molar-refractivity contribution >= 4 is 29.3 Å². The molecule has 1 aliphatic rings. The van der Waals surface area contributed by atoms with E-state index in [1.54, 1.807) is 36.2 Å². The topological polar surface area (TPSA) is 73.2 Å². The number of benzene rings is 1. The number of ether oxygens (including phenoxy) is 1. The van der Waals surface area contributed by atoms with Gasteiger partial charge < -0.3 is 14.6 Å². The first-order valence-electron chi connectivity index (χ1n) is 8.38. The highest BCUT2D eigenvalue weighted by molar-refractivity contribution is 7.99. The van der Waals surface area contributed by atoms with Crippen LogP contribution in [0.3, 0.4) is 0 Å². The van der Waals surface area contributed by atoms with Gasteiger partial charge in [0.25, 0.3) is 5.91 Å². The first kappa shape index (κ1) is 17.4. The van der Waals surface area contributed by atoms with E-state index in [1.165, 1.54) is 13.2 Å². The van der Waals surface area contributed by atoms with Crippen LogP contribution in [0, 0.1) is 0 Å². The number of carbonyl (C=O) groups is 2. The van der Waals surface area contributed by atoms with Crippen molar-refractivity contribution < 1.29 is 14.3 Å². The highest BCUT2D eigenvalue weighted by Gasteiger charge is 2.27. The summed E-state index contributed by atoms with van der Waals surface area (Å²) in [6, 6.07) is 12.4. The SMILES string of the molecule is COC(=O)c1cccc(C(=O)Nc2ccn3c2CSC3c2cccnc2)c1. The van der Waals surface area contributed by atoms with Crippen LogP contribution in [0.4, 0.5) is 5.69 Å². The first-order chi connectivity index (χ1) is 13.2. The predicted octanol–water partition coefficient (Wildman–Crippen LogP) is 3.72. The Kier molecular flexibility index (Phi) is 4.68. The quantitative estimate of drug-likeness (QED) is 0.700. The van der Waals surface area contributed by atoms with E-state index in [-0.39, 0.29) is 11.3 Å². The van der Waals surface area contributed by atoms with E-state index < -0.39 is 5.97 Å². The van der Waals surface area contributed by atoms with Crippen LogP contribution in [-0.2, 0) is 10.5 Å². The van der Waals surface area contributed by atoms with E-state index in [4.69, 9.17) is 4.74 Å². The fourth-order valence-corrected chi connectivity index (χ4v) is 4.39. The number of aromatic nitrogens is 2. The molecule has 0 spiro atoms. The Hall–Kier alpha value is -3.06. The molecule has 0 saturated carbocycles. The molecule has 0 bridgehead atoms. The molecule has 1 atom stereocenters. The van der Waals surface area contributed by atoms with E-state index >= 15 is 0 Å². The molecule has 136 valence electrons. The fraction of sp³-hybridized carbons (Fsp3) is 0.150. The molecular weight excluding hydrogens is 362 g/mol. The number of amides is 1. The third-order valence-electron chi connectivity index (χ3n) is 4.42. The molecule has 6 nitrogen and oxygen atoms in total. The van der Waals surface area contributed by atoms with Gasteiger partial charge in [-0.2, -0.15) is 0 Å². The molecule has 1 amide bonds. The predicted molar refractivity (Wildman–Crippen MR) is 104 cm³/mol. The number of thioether (sulfide) groups is 1. The zero-order valence-corrected chi connectivity index (χ0v) is 15.4. The Bertz CT molecular complexity index is 1000. The van der Waals surface area contributed by atoms with Gasteiger partial charge in [0.15, 0.2) is 0 Å². The van der Waals surface area contributed by atoms with Crippen LogP contribution in [0.25, 0.3) is 0 Å². The molecule has 1 unspecified atom stereocenters. The van der Waals surface area contributed by atoms with Crippen molar-refractivity contribution in [3.8, 4) is 0 Å². The minimum atomic E-state index is -0.467. The van der Waals surface area contributed by atoms with E-state index in [9.17, 15) is 9.59 Å². The summed E-state index contributed by atoms with van der Waals surface area (Å²) in [5.74, 6) is 0.0689. The van der Waals surface area contributed by atoms with Crippen molar-refractivity contribution in [1.82, 2.24) is 9.55 Å². The second-order valence-corrected chi connectivity index (χ2v) is 7.13. The summed E-state index contributed by atoms with van der Waals surface area (Å²) in [6.07, 6.45) is 5.60. The molecule has 0 fully saturated rings. The lowest BCUT2D eigenvalue weighted by Gasteiger charge is -2.12. The van der Waals surface area contributed by atoms with Gasteiger partial charge in [0.1, 0.15) is 5.37 Å². The van der Waals surface area contributed by atoms with Crippen LogP contribution in [0.1, 0.15) is 37.3 Å². The van der Waals surface area contributed by atoms with Crippen LogP contribution >= 0.6 is 11.8 Å². The van der Waals surface area contributed by atoms with Crippen molar-refractivity contribution in [2.45, 2.75) is 11.1 Å². The second-order valence-electron chi connectivity index (χ2n) is 6.06. The molecule has 7 heteroatoms. The third kappa shape index (κ3) is 3.33. The standard InChI is InChI=1S/C20H17N3O3S/c1-26-20(25)14-5-2-4-13(10-14)18(24)22-16-7-9-23-17(16)12-27-19(23)15-6-3-8-21-11-15/h2-11,19H,12H2,1H3,(H,22,24). The zero-order chi connectivity index (χ0) is 18.8. The summed E-state index contributed by atoms with van der Waals surface area (Å²) < 4.78 is 6.86. The number of methoxy groups -OCH3 is 1. The molecule has 2 aromatic heterocycles.